The third-order valence-corrected chi connectivity index (χ3v) is 3.56. The van der Waals surface area contributed by atoms with Gasteiger partial charge in [0.25, 0.3) is 5.91 Å². The number of ether oxygens (including phenoxy) is 2. The average Bonchev–Trinajstić information content (AvgIpc) is 2.62. The molecule has 2 aromatic rings. The molecule has 0 heterocycles. The molecule has 0 atom stereocenters. The fourth-order valence-corrected chi connectivity index (χ4v) is 2.28. The maximum atomic E-state index is 13.1. The Labute approximate surface area is 148 Å². The Morgan fingerprint density at radius 1 is 1.12 bits per heavy atom. The van der Waals surface area contributed by atoms with Crippen molar-refractivity contribution >= 4 is 29.1 Å². The van der Waals surface area contributed by atoms with E-state index in [0.717, 1.165) is 6.07 Å². The molecule has 2 amide bonds. The Balaban J connectivity index is 2.02. The second-order valence-electron chi connectivity index (χ2n) is 4.90. The zero-order valence-electron chi connectivity index (χ0n) is 13.6. The second-order valence-corrected chi connectivity index (χ2v) is 5.30. The molecule has 2 rings (SSSR count). The van der Waals surface area contributed by atoms with E-state index in [1.807, 2.05) is 0 Å². The molecular formula is C17H16ClFN2O4. The van der Waals surface area contributed by atoms with Crippen LogP contribution in [0.5, 0.6) is 11.5 Å². The van der Waals surface area contributed by atoms with Crippen LogP contribution in [0.25, 0.3) is 0 Å². The largest absolute Gasteiger partial charge is 0.496 e. The van der Waals surface area contributed by atoms with Gasteiger partial charge < -0.3 is 20.1 Å². The minimum absolute atomic E-state index is 0.111. The van der Waals surface area contributed by atoms with Crippen LogP contribution >= 0.6 is 11.6 Å². The predicted molar refractivity (Wildman–Crippen MR) is 91.9 cm³/mol. The van der Waals surface area contributed by atoms with E-state index >= 15 is 0 Å². The molecule has 132 valence electrons. The summed E-state index contributed by atoms with van der Waals surface area (Å²) in [6.45, 7) is -0.297. The summed E-state index contributed by atoms with van der Waals surface area (Å²) >= 11 is 5.65. The Kier molecular flexibility index (Phi) is 6.19. The average molecular weight is 367 g/mol. The van der Waals surface area contributed by atoms with Crippen molar-refractivity contribution in [3.8, 4) is 11.5 Å². The molecule has 2 aromatic carbocycles. The van der Waals surface area contributed by atoms with Gasteiger partial charge in [0.05, 0.1) is 25.8 Å². The molecule has 0 fully saturated rings. The Morgan fingerprint density at radius 2 is 1.76 bits per heavy atom. The summed E-state index contributed by atoms with van der Waals surface area (Å²) in [5.74, 6) is -0.965. The molecule has 0 aliphatic carbocycles. The van der Waals surface area contributed by atoms with Crippen LogP contribution in [0.4, 0.5) is 10.1 Å². The highest BCUT2D eigenvalue weighted by Gasteiger charge is 2.18. The van der Waals surface area contributed by atoms with Crippen LogP contribution in [0.2, 0.25) is 5.02 Å². The molecule has 0 bridgehead atoms. The van der Waals surface area contributed by atoms with E-state index in [1.165, 1.54) is 26.4 Å². The normalized spacial score (nSPS) is 10.1. The molecule has 0 aromatic heterocycles. The Morgan fingerprint density at radius 3 is 2.32 bits per heavy atom. The number of rotatable bonds is 6. The van der Waals surface area contributed by atoms with Crippen molar-refractivity contribution in [2.75, 3.05) is 26.1 Å². The van der Waals surface area contributed by atoms with Gasteiger partial charge in [0.2, 0.25) is 5.91 Å². The third kappa shape index (κ3) is 4.60. The van der Waals surface area contributed by atoms with Crippen LogP contribution < -0.4 is 20.1 Å². The van der Waals surface area contributed by atoms with E-state index in [2.05, 4.69) is 10.6 Å². The first-order chi connectivity index (χ1) is 12.0. The highest BCUT2D eigenvalue weighted by atomic mass is 35.5. The van der Waals surface area contributed by atoms with Crippen molar-refractivity contribution in [2.24, 2.45) is 0 Å². The van der Waals surface area contributed by atoms with E-state index < -0.39 is 17.6 Å². The lowest BCUT2D eigenvalue weighted by Gasteiger charge is -2.13. The lowest BCUT2D eigenvalue weighted by Crippen LogP contribution is -2.33. The van der Waals surface area contributed by atoms with Crippen LogP contribution in [-0.2, 0) is 4.79 Å². The van der Waals surface area contributed by atoms with Gasteiger partial charge in [-0.1, -0.05) is 17.7 Å². The summed E-state index contributed by atoms with van der Waals surface area (Å²) in [6.07, 6.45) is 0. The molecule has 8 heteroatoms. The van der Waals surface area contributed by atoms with Gasteiger partial charge in [-0.15, -0.1) is 0 Å². The first-order valence-electron chi connectivity index (χ1n) is 7.20. The topological polar surface area (TPSA) is 76.7 Å². The minimum atomic E-state index is -0.587. The number of carbonyl (C=O) groups is 2. The van der Waals surface area contributed by atoms with E-state index in [-0.39, 0.29) is 17.1 Å². The lowest BCUT2D eigenvalue weighted by atomic mass is 10.1. The molecule has 0 spiro atoms. The number of halogens is 2. The first kappa shape index (κ1) is 18.5. The zero-order chi connectivity index (χ0) is 18.4. The zero-order valence-corrected chi connectivity index (χ0v) is 14.3. The molecule has 0 unspecified atom stereocenters. The summed E-state index contributed by atoms with van der Waals surface area (Å²) in [5.41, 5.74) is 0.505. The van der Waals surface area contributed by atoms with Gasteiger partial charge in [0.1, 0.15) is 22.9 Å². The van der Waals surface area contributed by atoms with Crippen LogP contribution in [0.15, 0.2) is 36.4 Å². The predicted octanol–water partition coefficient (Wildman–Crippen LogP) is 2.86. The highest BCUT2D eigenvalue weighted by molar-refractivity contribution is 6.31. The van der Waals surface area contributed by atoms with Gasteiger partial charge in [-0.3, -0.25) is 9.59 Å². The molecule has 0 aliphatic heterocycles. The van der Waals surface area contributed by atoms with Crippen molar-refractivity contribution in [1.82, 2.24) is 5.32 Å². The summed E-state index contributed by atoms with van der Waals surface area (Å²) in [4.78, 5) is 24.3. The maximum Gasteiger partial charge on any atom is 0.259 e. The number of anilines is 1. The summed E-state index contributed by atoms with van der Waals surface area (Å²) in [5, 5.41) is 4.87. The van der Waals surface area contributed by atoms with Crippen molar-refractivity contribution < 1.29 is 23.5 Å². The molecule has 0 aliphatic rings. The van der Waals surface area contributed by atoms with Crippen molar-refractivity contribution in [3.63, 3.8) is 0 Å². The quantitative estimate of drug-likeness (QED) is 0.824. The highest BCUT2D eigenvalue weighted by Crippen LogP contribution is 2.27. The molecule has 0 radical (unpaired) electrons. The number of nitrogens with one attached hydrogen (secondary N) is 2. The Bertz CT molecular complexity index is 776. The maximum absolute atomic E-state index is 13.1. The fourth-order valence-electron chi connectivity index (χ4n) is 2.10. The van der Waals surface area contributed by atoms with Crippen molar-refractivity contribution in [2.45, 2.75) is 0 Å². The summed E-state index contributed by atoms with van der Waals surface area (Å²) in [7, 11) is 2.85. The van der Waals surface area contributed by atoms with Gasteiger partial charge >= 0.3 is 0 Å². The SMILES string of the molecule is COc1cccc(OC)c1C(=O)NCC(=O)Nc1ccc(F)c(Cl)c1. The van der Waals surface area contributed by atoms with Gasteiger partial charge in [-0.25, -0.2) is 4.39 Å². The molecule has 0 saturated carbocycles. The van der Waals surface area contributed by atoms with Gasteiger partial charge in [0.15, 0.2) is 0 Å². The Hall–Kier alpha value is -2.80. The van der Waals surface area contributed by atoms with Crippen LogP contribution in [0, 0.1) is 5.82 Å². The number of hydrogen-bond donors (Lipinski definition) is 2. The number of methoxy groups -OCH3 is 2. The smallest absolute Gasteiger partial charge is 0.259 e. The van der Waals surface area contributed by atoms with Crippen molar-refractivity contribution in [3.05, 3.63) is 52.8 Å². The third-order valence-electron chi connectivity index (χ3n) is 3.27. The number of hydrogen-bond acceptors (Lipinski definition) is 4. The molecule has 25 heavy (non-hydrogen) atoms. The standard InChI is InChI=1S/C17H16ClFN2O4/c1-24-13-4-3-5-14(25-2)16(13)17(23)20-9-15(22)21-10-6-7-12(19)11(18)8-10/h3-8H,9H2,1-2H3,(H,20,23)(H,21,22). The van der Waals surface area contributed by atoms with Gasteiger partial charge in [-0.2, -0.15) is 0 Å². The summed E-state index contributed by atoms with van der Waals surface area (Å²) in [6, 6.07) is 8.68. The molecule has 6 nitrogen and oxygen atoms in total. The van der Waals surface area contributed by atoms with E-state index in [9.17, 15) is 14.0 Å². The number of benzene rings is 2. The van der Waals surface area contributed by atoms with Crippen LogP contribution in [0.1, 0.15) is 10.4 Å². The first-order valence-corrected chi connectivity index (χ1v) is 7.58. The van der Waals surface area contributed by atoms with Crippen molar-refractivity contribution in [1.29, 1.82) is 0 Å². The van der Waals surface area contributed by atoms with E-state index in [4.69, 9.17) is 21.1 Å². The number of carbonyl (C=O) groups excluding carboxylic acids is 2. The lowest BCUT2D eigenvalue weighted by molar-refractivity contribution is -0.115. The number of amides is 2. The van der Waals surface area contributed by atoms with E-state index in [1.54, 1.807) is 18.2 Å². The monoisotopic (exact) mass is 366 g/mol. The molecular weight excluding hydrogens is 351 g/mol. The minimum Gasteiger partial charge on any atom is -0.496 e. The summed E-state index contributed by atoms with van der Waals surface area (Å²) < 4.78 is 23.4. The van der Waals surface area contributed by atoms with Gasteiger partial charge in [0, 0.05) is 5.69 Å². The van der Waals surface area contributed by atoms with Crippen LogP contribution in [-0.4, -0.2) is 32.6 Å². The van der Waals surface area contributed by atoms with E-state index in [0.29, 0.717) is 17.2 Å². The second kappa shape index (κ2) is 8.34. The fraction of sp³-hybridized carbons (Fsp3) is 0.176. The molecule has 2 N–H and O–H groups in total. The van der Waals surface area contributed by atoms with Gasteiger partial charge in [-0.05, 0) is 30.3 Å². The molecule has 0 saturated heterocycles. The van der Waals surface area contributed by atoms with Crippen LogP contribution in [0.3, 0.4) is 0 Å².